The van der Waals surface area contributed by atoms with Gasteiger partial charge in [0.15, 0.2) is 0 Å². The highest BCUT2D eigenvalue weighted by molar-refractivity contribution is 6.53. The normalized spacial score (nSPS) is 13.5. The van der Waals surface area contributed by atoms with Crippen LogP contribution in [-0.2, 0) is 20.8 Å². The van der Waals surface area contributed by atoms with E-state index in [4.69, 9.17) is 23.2 Å². The zero-order valence-electron chi connectivity index (χ0n) is 17.9. The van der Waals surface area contributed by atoms with Crippen LogP contribution >= 0.6 is 23.2 Å². The summed E-state index contributed by atoms with van der Waals surface area (Å²) in [7, 11) is 0. The second-order valence-corrected chi connectivity index (χ2v) is 8.36. The van der Waals surface area contributed by atoms with Crippen LogP contribution in [0.2, 0.25) is 5.02 Å². The Morgan fingerprint density at radius 1 is 0.912 bits per heavy atom. The van der Waals surface area contributed by atoms with E-state index in [9.17, 15) is 18.8 Å². The van der Waals surface area contributed by atoms with Gasteiger partial charge in [-0.25, -0.2) is 9.29 Å². The lowest BCUT2D eigenvalue weighted by atomic mass is 10.1. The molecule has 0 saturated heterocycles. The van der Waals surface area contributed by atoms with Crippen LogP contribution in [0.25, 0.3) is 0 Å². The van der Waals surface area contributed by atoms with Crippen LogP contribution in [0, 0.1) is 12.7 Å². The van der Waals surface area contributed by atoms with E-state index in [1.165, 1.54) is 24.3 Å². The van der Waals surface area contributed by atoms with Crippen molar-refractivity contribution < 1.29 is 18.8 Å². The minimum atomic E-state index is -0.645. The molecule has 3 amide bonds. The number of halogens is 3. The number of hydrogen-bond donors (Lipinski definition) is 2. The van der Waals surface area contributed by atoms with Gasteiger partial charge in [-0.3, -0.25) is 14.4 Å². The molecule has 0 fully saturated rings. The molecular formula is C25H18Cl2FN3O3. The zero-order valence-corrected chi connectivity index (χ0v) is 19.4. The maximum atomic E-state index is 13.0. The lowest BCUT2D eigenvalue weighted by molar-refractivity contribution is -0.120. The number of hydrogen-bond acceptors (Lipinski definition) is 4. The monoisotopic (exact) mass is 497 g/mol. The van der Waals surface area contributed by atoms with Gasteiger partial charge in [0.2, 0.25) is 5.91 Å². The fourth-order valence-electron chi connectivity index (χ4n) is 3.44. The molecule has 0 saturated carbocycles. The molecule has 3 aromatic rings. The summed E-state index contributed by atoms with van der Waals surface area (Å²) in [4.78, 5) is 38.9. The van der Waals surface area contributed by atoms with Gasteiger partial charge in [0.05, 0.1) is 12.1 Å². The Bertz CT molecular complexity index is 1320. The Balaban J connectivity index is 1.44. The third kappa shape index (κ3) is 4.81. The molecule has 0 radical (unpaired) electrons. The van der Waals surface area contributed by atoms with Crippen LogP contribution in [-0.4, -0.2) is 17.7 Å². The maximum Gasteiger partial charge on any atom is 0.283 e. The molecule has 0 atom stereocenters. The number of benzene rings is 3. The predicted octanol–water partition coefficient (Wildman–Crippen LogP) is 5.40. The number of carbonyl (C=O) groups is 3. The molecule has 1 heterocycles. The quantitative estimate of drug-likeness (QED) is 0.446. The number of imide groups is 1. The van der Waals surface area contributed by atoms with E-state index in [0.29, 0.717) is 27.6 Å². The molecule has 6 nitrogen and oxygen atoms in total. The average molecular weight is 498 g/mol. The highest BCUT2D eigenvalue weighted by Gasteiger charge is 2.39. The summed E-state index contributed by atoms with van der Waals surface area (Å²) in [5.74, 6) is -1.89. The van der Waals surface area contributed by atoms with Gasteiger partial charge in [0.25, 0.3) is 11.8 Å². The summed E-state index contributed by atoms with van der Waals surface area (Å²) >= 11 is 12.3. The van der Waals surface area contributed by atoms with Crippen molar-refractivity contribution in [3.8, 4) is 0 Å². The molecule has 0 spiro atoms. The minimum Gasteiger partial charge on any atom is -0.350 e. The fraction of sp³-hybridized carbons (Fsp3) is 0.0800. The lowest BCUT2D eigenvalue weighted by Crippen LogP contribution is -2.32. The minimum absolute atomic E-state index is 0.0483. The van der Waals surface area contributed by atoms with E-state index >= 15 is 0 Å². The van der Waals surface area contributed by atoms with Crippen molar-refractivity contribution in [2.75, 3.05) is 15.5 Å². The average Bonchev–Trinajstić information content (AvgIpc) is 3.02. The molecule has 34 heavy (non-hydrogen) atoms. The molecule has 0 aromatic heterocycles. The van der Waals surface area contributed by atoms with Crippen molar-refractivity contribution in [2.45, 2.75) is 13.3 Å². The first-order valence-electron chi connectivity index (χ1n) is 10.2. The van der Waals surface area contributed by atoms with Gasteiger partial charge in [0.1, 0.15) is 16.5 Å². The largest absolute Gasteiger partial charge is 0.350 e. The SMILES string of the molecule is Cc1c(Cl)cccc1N1C(=O)C(Cl)=C(Nc2ccc(CC(=O)Nc3ccc(F)cc3)cc2)C1=O. The van der Waals surface area contributed by atoms with Gasteiger partial charge in [0, 0.05) is 16.4 Å². The summed E-state index contributed by atoms with van der Waals surface area (Å²) in [5, 5.41) is 5.79. The van der Waals surface area contributed by atoms with Crippen LogP contribution in [0.15, 0.2) is 77.5 Å². The molecule has 0 unspecified atom stereocenters. The van der Waals surface area contributed by atoms with Gasteiger partial charge >= 0.3 is 0 Å². The highest BCUT2D eigenvalue weighted by atomic mass is 35.5. The summed E-state index contributed by atoms with van der Waals surface area (Å²) in [6.07, 6.45) is 0.0976. The number of nitrogens with one attached hydrogen (secondary N) is 2. The second kappa shape index (κ2) is 9.67. The first-order valence-corrected chi connectivity index (χ1v) is 10.9. The van der Waals surface area contributed by atoms with E-state index in [2.05, 4.69) is 10.6 Å². The van der Waals surface area contributed by atoms with Crippen LogP contribution < -0.4 is 15.5 Å². The molecule has 9 heteroatoms. The Morgan fingerprint density at radius 3 is 2.24 bits per heavy atom. The van der Waals surface area contributed by atoms with Crippen molar-refractivity contribution >= 4 is 58.0 Å². The van der Waals surface area contributed by atoms with E-state index in [0.717, 1.165) is 10.5 Å². The van der Waals surface area contributed by atoms with Crippen molar-refractivity contribution in [1.29, 1.82) is 0 Å². The van der Waals surface area contributed by atoms with Crippen LogP contribution in [0.3, 0.4) is 0 Å². The van der Waals surface area contributed by atoms with Crippen LogP contribution in [0.4, 0.5) is 21.5 Å². The highest BCUT2D eigenvalue weighted by Crippen LogP contribution is 2.34. The van der Waals surface area contributed by atoms with Gasteiger partial charge in [-0.1, -0.05) is 41.4 Å². The lowest BCUT2D eigenvalue weighted by Gasteiger charge is -2.18. The van der Waals surface area contributed by atoms with Gasteiger partial charge in [-0.05, 0) is 66.6 Å². The van der Waals surface area contributed by atoms with Crippen molar-refractivity contribution in [1.82, 2.24) is 0 Å². The van der Waals surface area contributed by atoms with Gasteiger partial charge < -0.3 is 10.6 Å². The van der Waals surface area contributed by atoms with Gasteiger partial charge in [-0.15, -0.1) is 0 Å². The molecule has 172 valence electrons. The third-order valence-corrected chi connectivity index (χ3v) is 5.98. The number of rotatable bonds is 6. The second-order valence-electron chi connectivity index (χ2n) is 7.57. The van der Waals surface area contributed by atoms with Gasteiger partial charge in [-0.2, -0.15) is 0 Å². The molecule has 2 N–H and O–H groups in total. The summed E-state index contributed by atoms with van der Waals surface area (Å²) in [6.45, 7) is 1.71. The van der Waals surface area contributed by atoms with Crippen LogP contribution in [0.5, 0.6) is 0 Å². The molecule has 0 bridgehead atoms. The molecule has 0 aliphatic carbocycles. The summed E-state index contributed by atoms with van der Waals surface area (Å²) in [5.41, 5.74) is 2.62. The summed E-state index contributed by atoms with van der Waals surface area (Å²) < 4.78 is 13.0. The van der Waals surface area contributed by atoms with E-state index in [1.807, 2.05) is 0 Å². The Morgan fingerprint density at radius 2 is 1.56 bits per heavy atom. The number of carbonyl (C=O) groups excluding carboxylic acids is 3. The van der Waals surface area contributed by atoms with Crippen LogP contribution in [0.1, 0.15) is 11.1 Å². The Hall–Kier alpha value is -3.68. The predicted molar refractivity (Wildman–Crippen MR) is 130 cm³/mol. The molecule has 4 rings (SSSR count). The zero-order chi connectivity index (χ0) is 24.4. The van der Waals surface area contributed by atoms with Crippen molar-refractivity contribution in [3.63, 3.8) is 0 Å². The first kappa shape index (κ1) is 23.5. The standard InChI is InChI=1S/C25H18Cl2FN3O3/c1-14-19(26)3-2-4-20(14)31-24(33)22(27)23(25(31)34)30-18-9-5-15(6-10-18)13-21(32)29-17-11-7-16(28)8-12-17/h2-12,30H,13H2,1H3,(H,29,32). The smallest absolute Gasteiger partial charge is 0.283 e. The van der Waals surface area contributed by atoms with E-state index in [-0.39, 0.29) is 28.9 Å². The topological polar surface area (TPSA) is 78.5 Å². The number of nitrogens with zero attached hydrogens (tertiary/aromatic N) is 1. The van der Waals surface area contributed by atoms with Crippen molar-refractivity contribution in [3.05, 3.63) is 99.4 Å². The molecule has 1 aliphatic rings. The molecule has 3 aromatic carbocycles. The molecule has 1 aliphatic heterocycles. The summed E-state index contributed by atoms with van der Waals surface area (Å²) in [6, 6.07) is 17.2. The molecular weight excluding hydrogens is 480 g/mol. The fourth-order valence-corrected chi connectivity index (χ4v) is 3.82. The third-order valence-electron chi connectivity index (χ3n) is 5.22. The van der Waals surface area contributed by atoms with Crippen molar-refractivity contribution in [2.24, 2.45) is 0 Å². The Kier molecular flexibility index (Phi) is 6.68. The van der Waals surface area contributed by atoms with E-state index < -0.39 is 11.8 Å². The Labute approximate surface area is 205 Å². The first-order chi connectivity index (χ1) is 16.2. The van der Waals surface area contributed by atoms with E-state index in [1.54, 1.807) is 49.4 Å². The maximum absolute atomic E-state index is 13.0. The number of amides is 3. The number of anilines is 3.